The molecule has 0 aromatic carbocycles. The van der Waals surface area contributed by atoms with Crippen LogP contribution in [0.2, 0.25) is 0 Å². The van der Waals surface area contributed by atoms with Crippen molar-refractivity contribution in [1.29, 1.82) is 0 Å². The average Bonchev–Trinajstić information content (AvgIpc) is 2.51. The molecule has 0 heterocycles. The van der Waals surface area contributed by atoms with Crippen molar-refractivity contribution < 1.29 is 83.0 Å². The van der Waals surface area contributed by atoms with Crippen molar-refractivity contribution >= 4 is 10.4 Å². The van der Waals surface area contributed by atoms with Gasteiger partial charge in [0.15, 0.2) is 6.17 Å². The molecule has 0 amide bonds. The third kappa shape index (κ3) is 4.13. The molecule has 0 aliphatic carbocycles. The summed E-state index contributed by atoms with van der Waals surface area (Å²) in [5, 5.41) is 0. The summed E-state index contributed by atoms with van der Waals surface area (Å²) in [5.74, 6) is -54.5. The van der Waals surface area contributed by atoms with Gasteiger partial charge >= 0.3 is 51.9 Å². The molecule has 0 aliphatic heterocycles. The van der Waals surface area contributed by atoms with Gasteiger partial charge < -0.3 is 0 Å². The van der Waals surface area contributed by atoms with Crippen molar-refractivity contribution in [2.75, 3.05) is 6.61 Å². The van der Waals surface area contributed by atoms with Crippen LogP contribution in [0.4, 0.5) is 65.9 Å². The number of halogens is 15. The Kier molecular flexibility index (Phi) is 7.16. The molecule has 0 aromatic heterocycles. The molecule has 0 radical (unpaired) electrons. The lowest BCUT2D eigenvalue weighted by molar-refractivity contribution is -0.444. The standard InChI is InChI=1S/C10H7F15O4S/c1-3(11)5(14,15)7(18,19)9(22,23)10(24,25)8(20,21)6(16,17)4(12,13)2-29-30(26,27)28/h3H,2H2,1H3,(H,26,27,28). The smallest absolute Gasteiger partial charge is 0.264 e. The van der Waals surface area contributed by atoms with Crippen LogP contribution in [0.5, 0.6) is 0 Å². The van der Waals surface area contributed by atoms with Crippen molar-refractivity contribution in [2.45, 2.75) is 54.6 Å². The van der Waals surface area contributed by atoms with E-state index in [9.17, 15) is 74.3 Å². The molecule has 0 rings (SSSR count). The van der Waals surface area contributed by atoms with Gasteiger partial charge in [0.05, 0.1) is 0 Å². The quantitative estimate of drug-likeness (QED) is 0.346. The molecular weight excluding hydrogens is 501 g/mol. The van der Waals surface area contributed by atoms with E-state index in [1.807, 2.05) is 0 Å². The summed E-state index contributed by atoms with van der Waals surface area (Å²) in [6, 6.07) is 0. The first-order chi connectivity index (χ1) is 12.7. The second kappa shape index (κ2) is 7.45. The highest BCUT2D eigenvalue weighted by atomic mass is 32.3. The average molecular weight is 508 g/mol. The van der Waals surface area contributed by atoms with Gasteiger partial charge in [0.25, 0.3) is 0 Å². The van der Waals surface area contributed by atoms with Crippen LogP contribution in [0, 0.1) is 0 Å². The fourth-order valence-corrected chi connectivity index (χ4v) is 1.82. The lowest BCUT2D eigenvalue weighted by Gasteiger charge is -2.42. The van der Waals surface area contributed by atoms with Gasteiger partial charge in [-0.15, -0.1) is 0 Å². The lowest BCUT2D eigenvalue weighted by Crippen LogP contribution is -2.74. The van der Waals surface area contributed by atoms with Crippen LogP contribution in [-0.4, -0.2) is 67.2 Å². The Morgan fingerprint density at radius 3 is 1.30 bits per heavy atom. The third-order valence-electron chi connectivity index (χ3n) is 3.34. The first kappa shape index (κ1) is 28.8. The Balaban J connectivity index is 6.52. The van der Waals surface area contributed by atoms with Gasteiger partial charge in [-0.2, -0.15) is 69.9 Å². The Labute approximate surface area is 155 Å². The zero-order valence-electron chi connectivity index (χ0n) is 13.5. The Bertz CT molecular complexity index is 730. The van der Waals surface area contributed by atoms with E-state index in [2.05, 4.69) is 4.18 Å². The summed E-state index contributed by atoms with van der Waals surface area (Å²) in [4.78, 5) is 0. The number of hydrogen-bond acceptors (Lipinski definition) is 3. The molecule has 1 N–H and O–H groups in total. The lowest BCUT2D eigenvalue weighted by atomic mass is 9.88. The van der Waals surface area contributed by atoms with Crippen LogP contribution in [-0.2, 0) is 14.6 Å². The van der Waals surface area contributed by atoms with Gasteiger partial charge in [-0.3, -0.25) is 4.55 Å². The van der Waals surface area contributed by atoms with E-state index in [4.69, 9.17) is 4.55 Å². The highest BCUT2D eigenvalue weighted by molar-refractivity contribution is 7.80. The van der Waals surface area contributed by atoms with E-state index < -0.39 is 71.6 Å². The molecular formula is C10H7F15O4S. The van der Waals surface area contributed by atoms with Gasteiger partial charge in [-0.1, -0.05) is 0 Å². The van der Waals surface area contributed by atoms with Crippen LogP contribution < -0.4 is 0 Å². The summed E-state index contributed by atoms with van der Waals surface area (Å²) < 4.78 is 227. The second-order valence-corrected chi connectivity index (χ2v) is 6.60. The second-order valence-electron chi connectivity index (χ2n) is 5.51. The first-order valence-corrected chi connectivity index (χ1v) is 7.92. The zero-order valence-corrected chi connectivity index (χ0v) is 14.4. The maximum atomic E-state index is 13.3. The molecule has 4 nitrogen and oxygen atoms in total. The van der Waals surface area contributed by atoms with Crippen LogP contribution in [0.25, 0.3) is 0 Å². The largest absolute Gasteiger partial charge is 0.397 e. The fourth-order valence-electron chi connectivity index (χ4n) is 1.52. The Hall–Kier alpha value is -1.18. The molecule has 0 spiro atoms. The zero-order chi connectivity index (χ0) is 25.0. The summed E-state index contributed by atoms with van der Waals surface area (Å²) in [7, 11) is -6.13. The molecule has 0 bridgehead atoms. The highest BCUT2D eigenvalue weighted by Gasteiger charge is 2.93. The minimum absolute atomic E-state index is 0.629. The molecule has 1 unspecified atom stereocenters. The predicted octanol–water partition coefficient (Wildman–Crippen LogP) is 4.61. The van der Waals surface area contributed by atoms with E-state index in [1.54, 1.807) is 0 Å². The van der Waals surface area contributed by atoms with Crippen LogP contribution in [0.3, 0.4) is 0 Å². The van der Waals surface area contributed by atoms with Gasteiger partial charge in [0.1, 0.15) is 6.61 Å². The van der Waals surface area contributed by atoms with Crippen LogP contribution >= 0.6 is 0 Å². The molecule has 0 fully saturated rings. The molecule has 0 aromatic rings. The summed E-state index contributed by atoms with van der Waals surface area (Å²) in [6.07, 6.45) is -4.45. The number of alkyl halides is 15. The molecule has 20 heteroatoms. The van der Waals surface area contributed by atoms with Gasteiger partial charge in [-0.25, -0.2) is 8.57 Å². The topological polar surface area (TPSA) is 63.6 Å². The fraction of sp³-hybridized carbons (Fsp3) is 1.00. The van der Waals surface area contributed by atoms with Crippen molar-refractivity contribution in [3.05, 3.63) is 0 Å². The van der Waals surface area contributed by atoms with E-state index >= 15 is 0 Å². The normalized spacial score (nSPS) is 17.2. The molecule has 0 saturated heterocycles. The SMILES string of the molecule is CC(F)C(F)(F)C(F)(F)C(F)(F)C(F)(F)C(F)(F)C(F)(F)C(F)(F)COS(=O)(=O)O. The van der Waals surface area contributed by atoms with Gasteiger partial charge in [-0.05, 0) is 6.92 Å². The maximum Gasteiger partial charge on any atom is 0.397 e. The van der Waals surface area contributed by atoms with E-state index in [1.165, 1.54) is 0 Å². The van der Waals surface area contributed by atoms with Gasteiger partial charge in [0.2, 0.25) is 0 Å². The van der Waals surface area contributed by atoms with Crippen molar-refractivity contribution in [1.82, 2.24) is 0 Å². The highest BCUT2D eigenvalue weighted by Crippen LogP contribution is 2.62. The van der Waals surface area contributed by atoms with E-state index in [0.29, 0.717) is 0 Å². The van der Waals surface area contributed by atoms with E-state index in [-0.39, 0.29) is 0 Å². The molecule has 182 valence electrons. The van der Waals surface area contributed by atoms with Crippen LogP contribution in [0.1, 0.15) is 6.92 Å². The number of rotatable bonds is 10. The minimum atomic E-state index is -8.42. The van der Waals surface area contributed by atoms with E-state index in [0.717, 1.165) is 0 Å². The predicted molar refractivity (Wildman–Crippen MR) is 62.7 cm³/mol. The summed E-state index contributed by atoms with van der Waals surface area (Å²) >= 11 is 0. The van der Waals surface area contributed by atoms with Gasteiger partial charge in [0, 0.05) is 0 Å². The Morgan fingerprint density at radius 1 is 0.700 bits per heavy atom. The van der Waals surface area contributed by atoms with Crippen molar-refractivity contribution in [3.8, 4) is 0 Å². The first-order valence-electron chi connectivity index (χ1n) is 6.55. The van der Waals surface area contributed by atoms with Crippen LogP contribution in [0.15, 0.2) is 0 Å². The maximum absolute atomic E-state index is 13.3. The summed E-state index contributed by atoms with van der Waals surface area (Å²) in [6.45, 7) is -4.24. The number of hydrogen-bond donors (Lipinski definition) is 1. The molecule has 0 saturated carbocycles. The minimum Gasteiger partial charge on any atom is -0.264 e. The molecule has 0 aliphatic rings. The molecule has 30 heavy (non-hydrogen) atoms. The van der Waals surface area contributed by atoms with Crippen molar-refractivity contribution in [2.24, 2.45) is 0 Å². The summed E-state index contributed by atoms with van der Waals surface area (Å²) in [5.41, 5.74) is 0. The monoisotopic (exact) mass is 508 g/mol. The third-order valence-corrected chi connectivity index (χ3v) is 3.76. The Morgan fingerprint density at radius 2 is 1.00 bits per heavy atom. The molecule has 1 atom stereocenters. The van der Waals surface area contributed by atoms with Crippen molar-refractivity contribution in [3.63, 3.8) is 0 Å².